The molecule has 1 rings (SSSR count). The summed E-state index contributed by atoms with van der Waals surface area (Å²) >= 11 is 2.46. The molecule has 26 heavy (non-hydrogen) atoms. The van der Waals surface area contributed by atoms with E-state index in [1.807, 2.05) is 6.26 Å². The van der Waals surface area contributed by atoms with Gasteiger partial charge < -0.3 is 29.7 Å². The van der Waals surface area contributed by atoms with Crippen molar-refractivity contribution in [2.45, 2.75) is 55.5 Å². The Hall–Kier alpha value is -0.120. The van der Waals surface area contributed by atoms with Crippen LogP contribution in [0.4, 0.5) is 0 Å². The Balaban J connectivity index is 2.76. The van der Waals surface area contributed by atoms with Crippen LogP contribution in [-0.4, -0.2) is 86.9 Å². The molecule has 0 aliphatic carbocycles. The Morgan fingerprint density at radius 2 is 1.88 bits per heavy atom. The lowest BCUT2D eigenvalue weighted by Gasteiger charge is -2.39. The molecular weight excluding hydrogens is 410 g/mol. The van der Waals surface area contributed by atoms with Gasteiger partial charge in [-0.25, -0.2) is 0 Å². The largest absolute Gasteiger partial charge is 0.714 e. The molecule has 0 aromatic rings. The third-order valence-electron chi connectivity index (χ3n) is 3.57. The Morgan fingerprint density at radius 1 is 1.19 bits per heavy atom. The van der Waals surface area contributed by atoms with E-state index in [0.717, 1.165) is 30.4 Å². The van der Waals surface area contributed by atoms with Crippen LogP contribution in [0.3, 0.4) is 0 Å². The predicted octanol–water partition coefficient (Wildman–Crippen LogP) is -0.767. The summed E-state index contributed by atoms with van der Waals surface area (Å²) in [6, 6.07) is 0. The van der Waals surface area contributed by atoms with Crippen LogP contribution < -0.4 is 0 Å². The molecule has 13 heteroatoms. The normalized spacial score (nSPS) is 30.4. The van der Waals surface area contributed by atoms with Crippen molar-refractivity contribution in [3.63, 3.8) is 0 Å². The SMILES string of the molecule is CSCCCCCC(=NOS(=O)(=O)[O-])S[C@@H]1O[C@H](CO)[C@@H](O)[C@H](O)[C@H]1O. The van der Waals surface area contributed by atoms with Crippen LogP contribution in [0.15, 0.2) is 5.16 Å². The Labute approximate surface area is 160 Å². The third kappa shape index (κ3) is 8.27. The number of unbranched alkanes of at least 4 members (excludes halogenated alkanes) is 2. The molecule has 0 aromatic carbocycles. The number of hydrogen-bond donors (Lipinski definition) is 4. The maximum atomic E-state index is 10.6. The van der Waals surface area contributed by atoms with Crippen molar-refractivity contribution in [2.24, 2.45) is 5.16 Å². The molecule has 0 unspecified atom stereocenters. The van der Waals surface area contributed by atoms with E-state index in [1.54, 1.807) is 11.8 Å². The molecule has 1 saturated heterocycles. The van der Waals surface area contributed by atoms with E-state index < -0.39 is 46.9 Å². The number of thioether (sulfide) groups is 2. The van der Waals surface area contributed by atoms with Crippen LogP contribution >= 0.6 is 23.5 Å². The highest BCUT2D eigenvalue weighted by Crippen LogP contribution is 2.30. The van der Waals surface area contributed by atoms with Gasteiger partial charge in [0.1, 0.15) is 34.9 Å². The summed E-state index contributed by atoms with van der Waals surface area (Å²) in [6.07, 6.45) is -1.02. The van der Waals surface area contributed by atoms with Gasteiger partial charge in [0, 0.05) is 0 Å². The van der Waals surface area contributed by atoms with Gasteiger partial charge in [0.15, 0.2) is 0 Å². The number of ether oxygens (including phenoxy) is 1. The first-order valence-corrected chi connectivity index (χ1v) is 11.5. The van der Waals surface area contributed by atoms with Crippen molar-refractivity contribution < 1.29 is 42.4 Å². The lowest BCUT2D eigenvalue weighted by Crippen LogP contribution is -2.57. The van der Waals surface area contributed by atoms with Crippen LogP contribution in [0.1, 0.15) is 25.7 Å². The van der Waals surface area contributed by atoms with Crippen LogP contribution in [0.2, 0.25) is 0 Å². The van der Waals surface area contributed by atoms with Crippen molar-refractivity contribution in [1.82, 2.24) is 0 Å². The van der Waals surface area contributed by atoms with Gasteiger partial charge >= 0.3 is 0 Å². The molecular formula is C13H24NO9S3-. The second-order valence-corrected chi connectivity index (χ2v) is 8.71. The number of nitrogens with zero attached hydrogens (tertiary/aromatic N) is 1. The van der Waals surface area contributed by atoms with Crippen LogP contribution in [0, 0.1) is 0 Å². The fraction of sp³-hybridized carbons (Fsp3) is 0.923. The van der Waals surface area contributed by atoms with Gasteiger partial charge in [0.2, 0.25) is 0 Å². The van der Waals surface area contributed by atoms with Crippen molar-refractivity contribution in [3.05, 3.63) is 0 Å². The number of oxime groups is 1. The lowest BCUT2D eigenvalue weighted by molar-refractivity contribution is -0.205. The van der Waals surface area contributed by atoms with Gasteiger partial charge in [0.25, 0.3) is 10.4 Å². The molecule has 4 N–H and O–H groups in total. The first kappa shape index (κ1) is 23.9. The van der Waals surface area contributed by atoms with E-state index in [4.69, 9.17) is 4.74 Å². The monoisotopic (exact) mass is 434 g/mol. The Morgan fingerprint density at radius 3 is 2.46 bits per heavy atom. The van der Waals surface area contributed by atoms with Gasteiger partial charge in [-0.05, 0) is 31.3 Å². The molecule has 0 saturated carbocycles. The topological polar surface area (TPSA) is 169 Å². The average molecular weight is 435 g/mol. The van der Waals surface area contributed by atoms with Gasteiger partial charge in [-0.1, -0.05) is 23.3 Å². The van der Waals surface area contributed by atoms with Gasteiger partial charge in [0.05, 0.1) is 6.61 Å². The van der Waals surface area contributed by atoms with Crippen molar-refractivity contribution in [3.8, 4) is 0 Å². The summed E-state index contributed by atoms with van der Waals surface area (Å²) in [5.74, 6) is 0.970. The van der Waals surface area contributed by atoms with E-state index in [9.17, 15) is 33.4 Å². The Bertz CT molecular complexity index is 543. The van der Waals surface area contributed by atoms with E-state index in [0.29, 0.717) is 6.42 Å². The molecule has 1 aliphatic rings. The molecule has 0 radical (unpaired) electrons. The quantitative estimate of drug-likeness (QED) is 0.0850. The van der Waals surface area contributed by atoms with E-state index in [-0.39, 0.29) is 11.5 Å². The third-order valence-corrected chi connectivity index (χ3v) is 5.70. The summed E-state index contributed by atoms with van der Waals surface area (Å²) in [5, 5.41) is 42.2. The van der Waals surface area contributed by atoms with Gasteiger partial charge in [-0.15, -0.1) is 0 Å². The van der Waals surface area contributed by atoms with Crippen molar-refractivity contribution in [1.29, 1.82) is 0 Å². The zero-order chi connectivity index (χ0) is 19.7. The summed E-state index contributed by atoms with van der Waals surface area (Å²) in [6.45, 7) is -0.589. The molecule has 154 valence electrons. The van der Waals surface area contributed by atoms with Crippen LogP contribution in [0.25, 0.3) is 0 Å². The summed E-state index contributed by atoms with van der Waals surface area (Å²) < 4.78 is 41.1. The lowest BCUT2D eigenvalue weighted by atomic mass is 10.0. The second-order valence-electron chi connectivity index (χ2n) is 5.59. The van der Waals surface area contributed by atoms with Crippen LogP contribution in [0.5, 0.6) is 0 Å². The smallest absolute Gasteiger partial charge is 0.284 e. The van der Waals surface area contributed by atoms with E-state index in [1.165, 1.54) is 0 Å². The highest BCUT2D eigenvalue weighted by Gasteiger charge is 2.44. The maximum Gasteiger partial charge on any atom is 0.284 e. The molecule has 0 spiro atoms. The molecule has 1 heterocycles. The standard InChI is InChI=1S/C13H25NO9S3/c1-24-6-4-2-3-5-9(14-23-26(19,20)21)25-13-12(18)11(17)10(16)8(7-15)22-13/h8,10-13,15-18H,2-7H2,1H3,(H,19,20,21)/p-1/t8-,10-,11+,12-,13+/m1/s1. The van der Waals surface area contributed by atoms with E-state index >= 15 is 0 Å². The highest BCUT2D eigenvalue weighted by atomic mass is 32.3. The zero-order valence-corrected chi connectivity index (χ0v) is 16.6. The van der Waals surface area contributed by atoms with Gasteiger partial charge in [-0.3, -0.25) is 4.28 Å². The second kappa shape index (κ2) is 11.7. The fourth-order valence-electron chi connectivity index (χ4n) is 2.21. The summed E-state index contributed by atoms with van der Waals surface area (Å²) in [5.41, 5.74) is -1.13. The fourth-order valence-corrected chi connectivity index (χ4v) is 4.04. The number of rotatable bonds is 10. The van der Waals surface area contributed by atoms with Gasteiger partial charge in [-0.2, -0.15) is 20.2 Å². The molecule has 10 nitrogen and oxygen atoms in total. The number of aliphatic hydroxyl groups is 4. The minimum atomic E-state index is -5.03. The number of hydrogen-bond acceptors (Lipinski definition) is 12. The minimum absolute atomic E-state index is 0.0814. The average Bonchev–Trinajstić information content (AvgIpc) is 2.58. The number of aliphatic hydroxyl groups excluding tert-OH is 4. The Kier molecular flexibility index (Phi) is 10.7. The van der Waals surface area contributed by atoms with Crippen LogP contribution in [-0.2, 0) is 19.4 Å². The van der Waals surface area contributed by atoms with Crippen molar-refractivity contribution in [2.75, 3.05) is 18.6 Å². The maximum absolute atomic E-state index is 10.6. The predicted molar refractivity (Wildman–Crippen MR) is 96.4 cm³/mol. The first-order chi connectivity index (χ1) is 12.2. The highest BCUT2D eigenvalue weighted by molar-refractivity contribution is 8.14. The van der Waals surface area contributed by atoms with E-state index in [2.05, 4.69) is 9.44 Å². The summed E-state index contributed by atoms with van der Waals surface area (Å²) in [7, 11) is -5.03. The molecule has 5 atom stereocenters. The molecule has 1 fully saturated rings. The molecule has 0 amide bonds. The molecule has 0 bridgehead atoms. The van der Waals surface area contributed by atoms with Crippen molar-refractivity contribution >= 4 is 39.0 Å². The minimum Gasteiger partial charge on any atom is -0.714 e. The zero-order valence-electron chi connectivity index (χ0n) is 14.1. The molecule has 0 aromatic heterocycles. The first-order valence-electron chi connectivity index (χ1n) is 7.87. The molecule has 1 aliphatic heterocycles. The summed E-state index contributed by atoms with van der Waals surface area (Å²) in [4.78, 5) is 0.